The maximum atomic E-state index is 13.6. The Hall–Kier alpha value is -2.69. The molecular weight excluding hydrogens is 261 g/mol. The van der Waals surface area contributed by atoms with Crippen molar-refractivity contribution in [2.45, 2.75) is 6.04 Å². The van der Waals surface area contributed by atoms with Gasteiger partial charge in [0.25, 0.3) is 5.91 Å². The Bertz CT molecular complexity index is 628. The minimum Gasteiger partial charge on any atom is -0.479 e. The van der Waals surface area contributed by atoms with Gasteiger partial charge in [0.05, 0.1) is 0 Å². The number of carboxylic acids is 1. The Morgan fingerprint density at radius 1 is 1.00 bits per heavy atom. The molecule has 0 radical (unpaired) electrons. The molecule has 1 atom stereocenters. The van der Waals surface area contributed by atoms with Gasteiger partial charge in [0.1, 0.15) is 5.82 Å². The van der Waals surface area contributed by atoms with Crippen molar-refractivity contribution in [3.8, 4) is 0 Å². The van der Waals surface area contributed by atoms with Crippen LogP contribution in [0.3, 0.4) is 0 Å². The summed E-state index contributed by atoms with van der Waals surface area (Å²) in [5.74, 6) is -2.56. The molecule has 0 aliphatic heterocycles. The van der Waals surface area contributed by atoms with E-state index in [9.17, 15) is 14.0 Å². The van der Waals surface area contributed by atoms with Crippen LogP contribution >= 0.6 is 0 Å². The van der Waals surface area contributed by atoms with Gasteiger partial charge in [0, 0.05) is 11.1 Å². The first-order chi connectivity index (χ1) is 9.59. The predicted molar refractivity (Wildman–Crippen MR) is 70.7 cm³/mol. The third-order valence-electron chi connectivity index (χ3n) is 2.77. The van der Waals surface area contributed by atoms with E-state index >= 15 is 0 Å². The van der Waals surface area contributed by atoms with E-state index in [4.69, 9.17) is 5.11 Å². The SMILES string of the molecule is O=C(NC(C(=O)O)c1ccccc1F)c1ccccc1. The molecular formula is C15H12FNO3. The molecule has 0 saturated heterocycles. The highest BCUT2D eigenvalue weighted by molar-refractivity contribution is 5.96. The number of amides is 1. The molecule has 0 aliphatic carbocycles. The van der Waals surface area contributed by atoms with E-state index in [2.05, 4.69) is 5.32 Å². The minimum atomic E-state index is -1.43. The van der Waals surface area contributed by atoms with E-state index < -0.39 is 23.7 Å². The van der Waals surface area contributed by atoms with E-state index in [1.807, 2.05) is 0 Å². The highest BCUT2D eigenvalue weighted by Gasteiger charge is 2.25. The maximum Gasteiger partial charge on any atom is 0.331 e. The van der Waals surface area contributed by atoms with E-state index in [0.29, 0.717) is 5.56 Å². The van der Waals surface area contributed by atoms with E-state index in [1.165, 1.54) is 18.2 Å². The van der Waals surface area contributed by atoms with Crippen LogP contribution in [0.2, 0.25) is 0 Å². The van der Waals surface area contributed by atoms with Crippen LogP contribution in [0.25, 0.3) is 0 Å². The van der Waals surface area contributed by atoms with Gasteiger partial charge in [-0.2, -0.15) is 0 Å². The summed E-state index contributed by atoms with van der Waals surface area (Å²) in [6, 6.07) is 12.2. The average molecular weight is 273 g/mol. The summed E-state index contributed by atoms with van der Waals surface area (Å²) < 4.78 is 13.6. The van der Waals surface area contributed by atoms with Crippen LogP contribution < -0.4 is 5.32 Å². The second kappa shape index (κ2) is 5.97. The van der Waals surface area contributed by atoms with Gasteiger partial charge in [-0.15, -0.1) is 0 Å². The number of carbonyl (C=O) groups excluding carboxylic acids is 1. The molecule has 0 fully saturated rings. The lowest BCUT2D eigenvalue weighted by atomic mass is 10.1. The van der Waals surface area contributed by atoms with Crippen LogP contribution in [0, 0.1) is 5.82 Å². The van der Waals surface area contributed by atoms with Crippen molar-refractivity contribution in [3.63, 3.8) is 0 Å². The Balaban J connectivity index is 2.26. The lowest BCUT2D eigenvalue weighted by molar-refractivity contribution is -0.139. The largest absolute Gasteiger partial charge is 0.479 e. The molecule has 102 valence electrons. The summed E-state index contributed by atoms with van der Waals surface area (Å²) >= 11 is 0. The standard InChI is InChI=1S/C15H12FNO3/c16-12-9-5-4-8-11(12)13(15(19)20)17-14(18)10-6-2-1-3-7-10/h1-9,13H,(H,17,18)(H,19,20). The summed E-state index contributed by atoms with van der Waals surface area (Å²) in [5, 5.41) is 11.5. The van der Waals surface area contributed by atoms with Gasteiger partial charge < -0.3 is 10.4 Å². The van der Waals surface area contributed by atoms with Crippen molar-refractivity contribution >= 4 is 11.9 Å². The Labute approximate surface area is 114 Å². The highest BCUT2D eigenvalue weighted by Crippen LogP contribution is 2.17. The quantitative estimate of drug-likeness (QED) is 0.898. The number of nitrogens with one attached hydrogen (secondary N) is 1. The number of carboxylic acid groups (broad SMARTS) is 1. The molecule has 2 rings (SSSR count). The predicted octanol–water partition coefficient (Wildman–Crippen LogP) is 2.38. The van der Waals surface area contributed by atoms with Crippen LogP contribution in [-0.4, -0.2) is 17.0 Å². The van der Waals surface area contributed by atoms with Gasteiger partial charge >= 0.3 is 5.97 Å². The van der Waals surface area contributed by atoms with Crippen LogP contribution in [-0.2, 0) is 4.79 Å². The molecule has 1 unspecified atom stereocenters. The fraction of sp³-hybridized carbons (Fsp3) is 0.0667. The van der Waals surface area contributed by atoms with Gasteiger partial charge in [-0.3, -0.25) is 4.79 Å². The fourth-order valence-corrected chi connectivity index (χ4v) is 1.79. The number of halogens is 1. The molecule has 20 heavy (non-hydrogen) atoms. The molecule has 4 nitrogen and oxygen atoms in total. The normalized spacial score (nSPS) is 11.7. The van der Waals surface area contributed by atoms with Crippen LogP contribution in [0.4, 0.5) is 4.39 Å². The molecule has 0 bridgehead atoms. The Morgan fingerprint density at radius 2 is 1.60 bits per heavy atom. The van der Waals surface area contributed by atoms with Gasteiger partial charge in [-0.25, -0.2) is 9.18 Å². The van der Waals surface area contributed by atoms with Gasteiger partial charge in [0.2, 0.25) is 0 Å². The first kappa shape index (κ1) is 13.7. The van der Waals surface area contributed by atoms with Crippen LogP contribution in [0.15, 0.2) is 54.6 Å². The number of aliphatic carboxylic acids is 1. The van der Waals surface area contributed by atoms with Crippen molar-refractivity contribution in [2.24, 2.45) is 0 Å². The number of rotatable bonds is 4. The van der Waals surface area contributed by atoms with Gasteiger partial charge in [-0.1, -0.05) is 36.4 Å². The smallest absolute Gasteiger partial charge is 0.331 e. The topological polar surface area (TPSA) is 66.4 Å². The fourth-order valence-electron chi connectivity index (χ4n) is 1.79. The van der Waals surface area contributed by atoms with Crippen molar-refractivity contribution < 1.29 is 19.1 Å². The monoisotopic (exact) mass is 273 g/mol. The van der Waals surface area contributed by atoms with E-state index in [-0.39, 0.29) is 5.56 Å². The van der Waals surface area contributed by atoms with Gasteiger partial charge in [0.15, 0.2) is 6.04 Å². The van der Waals surface area contributed by atoms with Crippen molar-refractivity contribution in [2.75, 3.05) is 0 Å². The zero-order valence-corrected chi connectivity index (χ0v) is 10.4. The van der Waals surface area contributed by atoms with Crippen molar-refractivity contribution in [1.82, 2.24) is 5.32 Å². The first-order valence-corrected chi connectivity index (χ1v) is 5.92. The van der Waals surface area contributed by atoms with E-state index in [0.717, 1.165) is 6.07 Å². The third-order valence-corrected chi connectivity index (χ3v) is 2.77. The highest BCUT2D eigenvalue weighted by atomic mass is 19.1. The molecule has 2 N–H and O–H groups in total. The summed E-state index contributed by atoms with van der Waals surface area (Å²) in [7, 11) is 0. The molecule has 0 spiro atoms. The van der Waals surface area contributed by atoms with Gasteiger partial charge in [-0.05, 0) is 18.2 Å². The van der Waals surface area contributed by atoms with E-state index in [1.54, 1.807) is 30.3 Å². The number of carbonyl (C=O) groups is 2. The zero-order valence-electron chi connectivity index (χ0n) is 10.4. The van der Waals surface area contributed by atoms with Crippen LogP contribution in [0.5, 0.6) is 0 Å². The molecule has 0 saturated carbocycles. The lowest BCUT2D eigenvalue weighted by Crippen LogP contribution is -2.34. The Kier molecular flexibility index (Phi) is 4.10. The lowest BCUT2D eigenvalue weighted by Gasteiger charge is -2.15. The Morgan fingerprint density at radius 3 is 2.20 bits per heavy atom. The summed E-state index contributed by atoms with van der Waals surface area (Å²) in [6.45, 7) is 0. The summed E-state index contributed by atoms with van der Waals surface area (Å²) in [5.41, 5.74) is 0.236. The molecule has 2 aromatic carbocycles. The number of benzene rings is 2. The average Bonchev–Trinajstić information content (AvgIpc) is 2.46. The first-order valence-electron chi connectivity index (χ1n) is 5.92. The molecule has 0 aromatic heterocycles. The van der Waals surface area contributed by atoms with Crippen LogP contribution in [0.1, 0.15) is 22.0 Å². The molecule has 1 amide bonds. The minimum absolute atomic E-state index is 0.0794. The summed E-state index contributed by atoms with van der Waals surface area (Å²) in [4.78, 5) is 23.2. The molecule has 0 heterocycles. The maximum absolute atomic E-state index is 13.6. The van der Waals surface area contributed by atoms with Crippen molar-refractivity contribution in [1.29, 1.82) is 0 Å². The third kappa shape index (κ3) is 3.00. The number of hydrogen-bond acceptors (Lipinski definition) is 2. The summed E-state index contributed by atoms with van der Waals surface area (Å²) in [6.07, 6.45) is 0. The van der Waals surface area contributed by atoms with Crippen molar-refractivity contribution in [3.05, 3.63) is 71.5 Å². The second-order valence-corrected chi connectivity index (χ2v) is 4.13. The molecule has 5 heteroatoms. The molecule has 0 aliphatic rings. The second-order valence-electron chi connectivity index (χ2n) is 4.13. The molecule has 2 aromatic rings. The zero-order chi connectivity index (χ0) is 14.5. The number of hydrogen-bond donors (Lipinski definition) is 2.